The van der Waals surface area contributed by atoms with Gasteiger partial charge in [-0.15, -0.1) is 0 Å². The van der Waals surface area contributed by atoms with Crippen LogP contribution in [0.5, 0.6) is 5.75 Å². The number of hydrogen-bond donors (Lipinski definition) is 1. The number of likely N-dealkylation sites (tertiary alicyclic amines) is 1. The molecular weight excluding hydrogens is 392 g/mol. The number of fused-ring (bicyclic) bond motifs is 1. The molecule has 2 atom stereocenters. The quantitative estimate of drug-likeness (QED) is 0.819. The van der Waals surface area contributed by atoms with Crippen molar-refractivity contribution in [3.05, 3.63) is 46.8 Å². The number of rotatable bonds is 4. The second kappa shape index (κ2) is 8.36. The highest BCUT2D eigenvalue weighted by molar-refractivity contribution is 5.77. The number of nitrogens with zero attached hydrogens (tertiary/aromatic N) is 3. The van der Waals surface area contributed by atoms with Crippen molar-refractivity contribution in [2.24, 2.45) is 7.05 Å². The molecule has 2 aromatic rings. The van der Waals surface area contributed by atoms with E-state index in [9.17, 15) is 9.59 Å². The summed E-state index contributed by atoms with van der Waals surface area (Å²) >= 11 is 0. The van der Waals surface area contributed by atoms with Gasteiger partial charge in [0.05, 0.1) is 11.7 Å². The molecule has 2 unspecified atom stereocenters. The molecule has 2 amide bonds. The van der Waals surface area contributed by atoms with Crippen LogP contribution in [-0.2, 0) is 23.1 Å². The number of nitrogens with one attached hydrogen (secondary N) is 1. The van der Waals surface area contributed by atoms with Crippen molar-refractivity contribution in [2.45, 2.75) is 64.0 Å². The normalized spacial score (nSPS) is 23.3. The van der Waals surface area contributed by atoms with Crippen molar-refractivity contribution >= 4 is 11.8 Å². The first kappa shape index (κ1) is 21.4. The van der Waals surface area contributed by atoms with E-state index in [0.717, 1.165) is 34.7 Å². The van der Waals surface area contributed by atoms with Gasteiger partial charge in [0.1, 0.15) is 11.4 Å². The van der Waals surface area contributed by atoms with Gasteiger partial charge in [-0.25, -0.2) is 0 Å². The zero-order chi connectivity index (χ0) is 22.2. The zero-order valence-electron chi connectivity index (χ0n) is 18.9. The minimum absolute atomic E-state index is 0.0290. The van der Waals surface area contributed by atoms with Crippen molar-refractivity contribution in [3.63, 3.8) is 0 Å². The molecule has 7 heteroatoms. The predicted molar refractivity (Wildman–Crippen MR) is 118 cm³/mol. The Kier molecular flexibility index (Phi) is 5.77. The molecular formula is C24H32N4O3. The van der Waals surface area contributed by atoms with Crippen LogP contribution in [0.25, 0.3) is 0 Å². The van der Waals surface area contributed by atoms with Gasteiger partial charge in [-0.05, 0) is 38.3 Å². The van der Waals surface area contributed by atoms with Gasteiger partial charge in [0.25, 0.3) is 0 Å². The molecule has 0 saturated carbocycles. The van der Waals surface area contributed by atoms with Crippen molar-refractivity contribution in [1.82, 2.24) is 20.0 Å². The molecule has 7 nitrogen and oxygen atoms in total. The van der Waals surface area contributed by atoms with Crippen LogP contribution in [0.4, 0.5) is 0 Å². The van der Waals surface area contributed by atoms with Gasteiger partial charge in [-0.1, -0.05) is 18.2 Å². The van der Waals surface area contributed by atoms with Crippen molar-refractivity contribution < 1.29 is 14.3 Å². The molecule has 1 N–H and O–H groups in total. The van der Waals surface area contributed by atoms with Crippen LogP contribution in [0.1, 0.15) is 60.7 Å². The molecule has 0 radical (unpaired) electrons. The monoisotopic (exact) mass is 424 g/mol. The van der Waals surface area contributed by atoms with E-state index in [-0.39, 0.29) is 17.9 Å². The Morgan fingerprint density at radius 1 is 1.26 bits per heavy atom. The van der Waals surface area contributed by atoms with Gasteiger partial charge in [0.2, 0.25) is 11.8 Å². The number of para-hydroxylation sites is 1. The average Bonchev–Trinajstić information content (AvgIpc) is 2.91. The fourth-order valence-corrected chi connectivity index (χ4v) is 4.88. The molecule has 1 aromatic heterocycles. The van der Waals surface area contributed by atoms with Gasteiger partial charge in [0.15, 0.2) is 0 Å². The van der Waals surface area contributed by atoms with Crippen LogP contribution in [-0.4, -0.2) is 45.7 Å². The summed E-state index contributed by atoms with van der Waals surface area (Å²) in [6.07, 6.45) is 3.68. The van der Waals surface area contributed by atoms with E-state index in [2.05, 4.69) is 10.4 Å². The fourth-order valence-electron chi connectivity index (χ4n) is 4.88. The summed E-state index contributed by atoms with van der Waals surface area (Å²) in [6.45, 7) is 4.69. The van der Waals surface area contributed by atoms with Gasteiger partial charge in [-0.2, -0.15) is 5.10 Å². The lowest BCUT2D eigenvalue weighted by molar-refractivity contribution is -0.129. The number of benzene rings is 1. The summed E-state index contributed by atoms with van der Waals surface area (Å²) in [5, 5.41) is 7.71. The molecule has 4 rings (SSSR count). The number of aromatic nitrogens is 2. The maximum atomic E-state index is 12.9. The van der Waals surface area contributed by atoms with E-state index in [0.29, 0.717) is 38.6 Å². The summed E-state index contributed by atoms with van der Waals surface area (Å²) in [5.74, 6) is 0.999. The highest BCUT2D eigenvalue weighted by atomic mass is 16.5. The average molecular weight is 425 g/mol. The van der Waals surface area contributed by atoms with Crippen molar-refractivity contribution in [2.75, 3.05) is 13.6 Å². The van der Waals surface area contributed by atoms with Gasteiger partial charge < -0.3 is 15.0 Å². The second-order valence-electron chi connectivity index (χ2n) is 8.99. The van der Waals surface area contributed by atoms with E-state index in [1.165, 1.54) is 0 Å². The predicted octanol–water partition coefficient (Wildman–Crippen LogP) is 2.99. The molecule has 2 aliphatic heterocycles. The van der Waals surface area contributed by atoms with Crippen LogP contribution in [0, 0.1) is 13.8 Å². The molecule has 31 heavy (non-hydrogen) atoms. The smallest absolute Gasteiger partial charge is 0.222 e. The molecule has 1 fully saturated rings. The third-order valence-corrected chi connectivity index (χ3v) is 6.92. The van der Waals surface area contributed by atoms with Gasteiger partial charge in [-0.3, -0.25) is 14.3 Å². The SMILES string of the molecule is Cc1nn(C)c(C)c1CCC(=O)NC1CC2(CCC(=O)N(C)CC2)Oc2ccccc21. The Hall–Kier alpha value is -2.83. The topological polar surface area (TPSA) is 76.5 Å². The lowest BCUT2D eigenvalue weighted by Crippen LogP contribution is -2.46. The Morgan fingerprint density at radius 3 is 2.77 bits per heavy atom. The molecule has 3 heterocycles. The summed E-state index contributed by atoms with van der Waals surface area (Å²) in [4.78, 5) is 26.9. The molecule has 2 aliphatic rings. The third-order valence-electron chi connectivity index (χ3n) is 6.92. The number of aryl methyl sites for hydroxylation is 2. The van der Waals surface area contributed by atoms with E-state index < -0.39 is 5.60 Å². The Balaban J connectivity index is 1.50. The maximum Gasteiger partial charge on any atom is 0.222 e. The number of carbonyl (C=O) groups excluding carboxylic acids is 2. The number of amides is 2. The van der Waals surface area contributed by atoms with Crippen LogP contribution in [0.15, 0.2) is 24.3 Å². The van der Waals surface area contributed by atoms with E-state index in [1.54, 1.807) is 4.90 Å². The lowest BCUT2D eigenvalue weighted by atomic mass is 9.82. The zero-order valence-corrected chi connectivity index (χ0v) is 18.9. The first-order valence-electron chi connectivity index (χ1n) is 11.1. The molecule has 1 saturated heterocycles. The third kappa shape index (κ3) is 4.31. The largest absolute Gasteiger partial charge is 0.487 e. The van der Waals surface area contributed by atoms with Crippen molar-refractivity contribution in [1.29, 1.82) is 0 Å². The Labute approximate surface area is 183 Å². The highest BCUT2D eigenvalue weighted by Gasteiger charge is 2.43. The highest BCUT2D eigenvalue weighted by Crippen LogP contribution is 2.44. The summed E-state index contributed by atoms with van der Waals surface area (Å²) < 4.78 is 8.34. The Bertz CT molecular complexity index is 999. The Morgan fingerprint density at radius 2 is 2.03 bits per heavy atom. The molecule has 166 valence electrons. The fraction of sp³-hybridized carbons (Fsp3) is 0.542. The van der Waals surface area contributed by atoms with Crippen LogP contribution in [0.3, 0.4) is 0 Å². The van der Waals surface area contributed by atoms with E-state index in [1.807, 2.05) is 56.9 Å². The molecule has 0 aliphatic carbocycles. The number of hydrogen-bond acceptors (Lipinski definition) is 4. The first-order valence-corrected chi connectivity index (χ1v) is 11.1. The summed E-state index contributed by atoms with van der Waals surface area (Å²) in [7, 11) is 3.78. The van der Waals surface area contributed by atoms with Crippen LogP contribution in [0.2, 0.25) is 0 Å². The van der Waals surface area contributed by atoms with Gasteiger partial charge >= 0.3 is 0 Å². The van der Waals surface area contributed by atoms with E-state index in [4.69, 9.17) is 4.74 Å². The standard InChI is InChI=1S/C24H32N4O3/c1-16-18(17(2)28(4)26-16)9-10-22(29)25-20-15-24(12-11-23(30)27(3)14-13-24)31-21-8-6-5-7-19(20)21/h5-8,20H,9-15H2,1-4H3,(H,25,29). The van der Waals surface area contributed by atoms with Crippen molar-refractivity contribution in [3.8, 4) is 5.75 Å². The van der Waals surface area contributed by atoms with Gasteiger partial charge in [0, 0.05) is 57.6 Å². The number of carbonyl (C=O) groups is 2. The number of ether oxygens (including phenoxy) is 1. The van der Waals surface area contributed by atoms with Crippen LogP contribution >= 0.6 is 0 Å². The lowest BCUT2D eigenvalue weighted by Gasteiger charge is -2.42. The summed E-state index contributed by atoms with van der Waals surface area (Å²) in [6, 6.07) is 7.81. The molecule has 1 aromatic carbocycles. The maximum absolute atomic E-state index is 12.9. The van der Waals surface area contributed by atoms with Crippen LogP contribution < -0.4 is 10.1 Å². The van der Waals surface area contributed by atoms with E-state index >= 15 is 0 Å². The minimum atomic E-state index is -0.427. The molecule has 0 bridgehead atoms. The molecule has 1 spiro atoms. The minimum Gasteiger partial charge on any atom is -0.487 e. The first-order chi connectivity index (χ1) is 14.8. The second-order valence-corrected chi connectivity index (χ2v) is 8.99. The summed E-state index contributed by atoms with van der Waals surface area (Å²) in [5.41, 5.74) is 3.82.